The molecule has 0 aromatic carbocycles. The molecule has 0 fully saturated rings. The lowest BCUT2D eigenvalue weighted by Crippen LogP contribution is -2.60. The molecule has 8 nitrogen and oxygen atoms in total. The Labute approximate surface area is 103 Å². The van der Waals surface area contributed by atoms with Crippen LogP contribution in [0.3, 0.4) is 0 Å². The molecular formula is C6H20O8Si3. The van der Waals surface area contributed by atoms with Gasteiger partial charge < -0.3 is 36.6 Å². The van der Waals surface area contributed by atoms with Crippen LogP contribution in [0.2, 0.25) is 12.1 Å². The highest BCUT2D eigenvalue weighted by molar-refractivity contribution is 6.77. The first-order chi connectivity index (χ1) is 7.60. The van der Waals surface area contributed by atoms with E-state index in [1.54, 1.807) is 0 Å². The van der Waals surface area contributed by atoms with Gasteiger partial charge in [0.25, 0.3) is 0 Å². The summed E-state index contributed by atoms with van der Waals surface area (Å²) in [6, 6.07) is -0.169. The molecule has 104 valence electrons. The average molecular weight is 304 g/mol. The molecule has 0 aromatic heterocycles. The molecule has 0 amide bonds. The molecule has 17 heavy (non-hydrogen) atoms. The largest absolute Gasteiger partial charge is 0.666 e. The fourth-order valence-electron chi connectivity index (χ4n) is 0.918. The van der Waals surface area contributed by atoms with Crippen molar-refractivity contribution in [2.75, 3.05) is 6.61 Å². The standard InChI is InChI=1S/C6H20O8Si3/c1-4-12-17(10,11)14-16(9,6-3)13-15(7,8)5-2/h7-11H,4-6H2,1-3H3. The van der Waals surface area contributed by atoms with E-state index in [9.17, 15) is 24.0 Å². The summed E-state index contributed by atoms with van der Waals surface area (Å²) < 4.78 is 14.0. The highest BCUT2D eigenvalue weighted by Crippen LogP contribution is 2.19. The van der Waals surface area contributed by atoms with Crippen molar-refractivity contribution in [1.82, 2.24) is 0 Å². The van der Waals surface area contributed by atoms with E-state index in [2.05, 4.69) is 8.54 Å². The van der Waals surface area contributed by atoms with Crippen LogP contribution in [0.25, 0.3) is 0 Å². The molecule has 1 atom stereocenters. The minimum atomic E-state index is -4.49. The number of hydrogen-bond acceptors (Lipinski definition) is 8. The Bertz CT molecular complexity index is 237. The highest BCUT2D eigenvalue weighted by Gasteiger charge is 2.53. The van der Waals surface area contributed by atoms with Crippen molar-refractivity contribution in [2.24, 2.45) is 0 Å². The molecule has 5 N–H and O–H groups in total. The van der Waals surface area contributed by atoms with Crippen molar-refractivity contribution in [1.29, 1.82) is 0 Å². The van der Waals surface area contributed by atoms with Gasteiger partial charge in [0.1, 0.15) is 0 Å². The van der Waals surface area contributed by atoms with E-state index in [0.29, 0.717) is 0 Å². The third-order valence-electron chi connectivity index (χ3n) is 1.86. The predicted octanol–water partition coefficient (Wildman–Crippen LogP) is -1.63. The topological polar surface area (TPSA) is 129 Å². The van der Waals surface area contributed by atoms with Gasteiger partial charge in [-0.15, -0.1) is 0 Å². The van der Waals surface area contributed by atoms with E-state index < -0.39 is 26.7 Å². The zero-order valence-corrected chi connectivity index (χ0v) is 13.1. The zero-order valence-electron chi connectivity index (χ0n) is 10.1. The van der Waals surface area contributed by atoms with E-state index in [1.807, 2.05) is 0 Å². The van der Waals surface area contributed by atoms with Gasteiger partial charge in [0, 0.05) is 18.7 Å². The van der Waals surface area contributed by atoms with Gasteiger partial charge in [-0.05, 0) is 6.92 Å². The first-order valence-electron chi connectivity index (χ1n) is 5.26. The summed E-state index contributed by atoms with van der Waals surface area (Å²) >= 11 is 0. The van der Waals surface area contributed by atoms with Crippen molar-refractivity contribution >= 4 is 26.7 Å². The first-order valence-corrected chi connectivity index (χ1v) is 10.9. The third kappa shape index (κ3) is 6.73. The van der Waals surface area contributed by atoms with Crippen LogP contribution in [-0.2, 0) is 12.7 Å². The summed E-state index contributed by atoms with van der Waals surface area (Å²) in [5, 5.41) is 0. The lowest BCUT2D eigenvalue weighted by atomic mass is 10.9. The predicted molar refractivity (Wildman–Crippen MR) is 63.1 cm³/mol. The van der Waals surface area contributed by atoms with E-state index in [-0.39, 0.29) is 18.7 Å². The third-order valence-corrected chi connectivity index (χ3v) is 9.26. The van der Waals surface area contributed by atoms with Gasteiger partial charge >= 0.3 is 26.7 Å². The van der Waals surface area contributed by atoms with Crippen LogP contribution in [0, 0.1) is 0 Å². The molecular weight excluding hydrogens is 284 g/mol. The second kappa shape index (κ2) is 6.48. The van der Waals surface area contributed by atoms with Crippen LogP contribution in [0.1, 0.15) is 20.8 Å². The molecule has 1 unspecified atom stereocenters. The molecule has 0 rings (SSSR count). The molecule has 0 aliphatic rings. The lowest BCUT2D eigenvalue weighted by Gasteiger charge is -2.31. The Morgan fingerprint density at radius 2 is 1.35 bits per heavy atom. The molecule has 0 bridgehead atoms. The van der Waals surface area contributed by atoms with Crippen molar-refractivity contribution in [3.63, 3.8) is 0 Å². The molecule has 0 aliphatic carbocycles. The summed E-state index contributed by atoms with van der Waals surface area (Å²) in [6.07, 6.45) is 0. The second-order valence-electron chi connectivity index (χ2n) is 3.35. The monoisotopic (exact) mass is 304 g/mol. The summed E-state index contributed by atoms with van der Waals surface area (Å²) in [5.74, 6) is 0. The summed E-state index contributed by atoms with van der Waals surface area (Å²) in [5.41, 5.74) is 0. The number of hydrogen-bond donors (Lipinski definition) is 5. The maximum atomic E-state index is 9.89. The SMILES string of the molecule is CCO[Si](O)(O)O[Si](O)(CC)O[Si](O)(O)CC. The van der Waals surface area contributed by atoms with Gasteiger partial charge in [0.05, 0.1) is 0 Å². The van der Waals surface area contributed by atoms with Gasteiger partial charge in [-0.1, -0.05) is 13.8 Å². The smallest absolute Gasteiger partial charge is 0.391 e. The normalized spacial score (nSPS) is 16.9. The quantitative estimate of drug-likeness (QED) is 0.338. The van der Waals surface area contributed by atoms with Gasteiger partial charge in [-0.3, -0.25) is 0 Å². The summed E-state index contributed by atoms with van der Waals surface area (Å²) in [7, 11) is -12.6. The molecule has 0 aromatic rings. The maximum Gasteiger partial charge on any atom is 0.666 e. The van der Waals surface area contributed by atoms with Crippen LogP contribution in [0.15, 0.2) is 0 Å². The Hall–Kier alpha value is 0.331. The van der Waals surface area contributed by atoms with Crippen LogP contribution in [-0.4, -0.2) is 57.2 Å². The Balaban J connectivity index is 4.68. The molecule has 0 heterocycles. The fourth-order valence-corrected chi connectivity index (χ4v) is 7.51. The van der Waals surface area contributed by atoms with E-state index >= 15 is 0 Å². The van der Waals surface area contributed by atoms with Gasteiger partial charge in [-0.25, -0.2) is 0 Å². The van der Waals surface area contributed by atoms with E-state index in [0.717, 1.165) is 0 Å². The molecule has 0 spiro atoms. The Morgan fingerprint density at radius 3 is 1.71 bits per heavy atom. The minimum Gasteiger partial charge on any atom is -0.391 e. The summed E-state index contributed by atoms with van der Waals surface area (Å²) in [4.78, 5) is 47.4. The molecule has 0 saturated carbocycles. The average Bonchev–Trinajstić information content (AvgIpc) is 2.15. The minimum absolute atomic E-state index is 0.0119. The zero-order chi connectivity index (χ0) is 13.7. The van der Waals surface area contributed by atoms with Gasteiger partial charge in [0.15, 0.2) is 0 Å². The maximum absolute atomic E-state index is 9.89. The fraction of sp³-hybridized carbons (Fsp3) is 1.00. The Kier molecular flexibility index (Phi) is 6.61. The van der Waals surface area contributed by atoms with Crippen molar-refractivity contribution in [3.05, 3.63) is 0 Å². The molecule has 0 radical (unpaired) electrons. The van der Waals surface area contributed by atoms with Crippen LogP contribution >= 0.6 is 0 Å². The van der Waals surface area contributed by atoms with Gasteiger partial charge in [-0.2, -0.15) is 0 Å². The molecule has 0 saturated heterocycles. The Morgan fingerprint density at radius 1 is 0.824 bits per heavy atom. The second-order valence-corrected chi connectivity index (χ2v) is 10.7. The highest BCUT2D eigenvalue weighted by atomic mass is 28.5. The van der Waals surface area contributed by atoms with Gasteiger partial charge in [0.2, 0.25) is 0 Å². The summed E-state index contributed by atoms with van der Waals surface area (Å²) in [6.45, 7) is 4.46. The van der Waals surface area contributed by atoms with Crippen molar-refractivity contribution < 1.29 is 36.6 Å². The molecule has 11 heteroatoms. The number of rotatable bonds is 8. The van der Waals surface area contributed by atoms with Crippen molar-refractivity contribution in [2.45, 2.75) is 32.9 Å². The molecule has 0 aliphatic heterocycles. The first kappa shape index (κ1) is 17.3. The van der Waals surface area contributed by atoms with Crippen LogP contribution < -0.4 is 0 Å². The van der Waals surface area contributed by atoms with E-state index in [1.165, 1.54) is 20.8 Å². The lowest BCUT2D eigenvalue weighted by molar-refractivity contribution is 0.0423. The van der Waals surface area contributed by atoms with Crippen molar-refractivity contribution in [3.8, 4) is 0 Å². The van der Waals surface area contributed by atoms with Crippen LogP contribution in [0.5, 0.6) is 0 Å². The van der Waals surface area contributed by atoms with Crippen LogP contribution in [0.4, 0.5) is 0 Å². The van der Waals surface area contributed by atoms with E-state index in [4.69, 9.17) is 4.12 Å².